The van der Waals surface area contributed by atoms with Crippen LogP contribution in [0.15, 0.2) is 36.4 Å². The third-order valence-corrected chi connectivity index (χ3v) is 8.51. The van der Waals surface area contributed by atoms with Crippen LogP contribution in [0.4, 0.5) is 0 Å². The van der Waals surface area contributed by atoms with E-state index in [-0.39, 0.29) is 30.6 Å². The number of ketones is 1. The van der Waals surface area contributed by atoms with Crippen LogP contribution in [0.25, 0.3) is 10.2 Å². The molecule has 2 aliphatic heterocycles. The lowest BCUT2D eigenvalue weighted by molar-refractivity contribution is -0.147. The zero-order valence-electron chi connectivity index (χ0n) is 19.6. The number of nitrogens with zero attached hydrogens (tertiary/aromatic N) is 2. The first-order valence-corrected chi connectivity index (χ1v) is 13.2. The molecule has 5 atom stereocenters. The molecule has 1 amide bonds. The second-order valence-electron chi connectivity index (χ2n) is 10.0. The fourth-order valence-electron chi connectivity index (χ4n) is 5.42. The maximum Gasteiger partial charge on any atom is 0.310 e. The molecule has 8 nitrogen and oxygen atoms in total. The number of nitrogens with two attached hydrogens (primary N) is 1. The van der Waals surface area contributed by atoms with Crippen LogP contribution in [-0.4, -0.2) is 57.4 Å². The molecule has 5 rings (SSSR count). The van der Waals surface area contributed by atoms with Crippen LogP contribution in [0.2, 0.25) is 0 Å². The summed E-state index contributed by atoms with van der Waals surface area (Å²) in [7, 11) is 0. The van der Waals surface area contributed by atoms with Crippen molar-refractivity contribution in [2.24, 2.45) is 17.1 Å². The fourth-order valence-corrected chi connectivity index (χ4v) is 6.30. The van der Waals surface area contributed by atoms with E-state index in [1.807, 2.05) is 36.4 Å². The van der Waals surface area contributed by atoms with E-state index in [4.69, 9.17) is 10.5 Å². The maximum atomic E-state index is 13.5. The molecule has 2 fully saturated rings. The van der Waals surface area contributed by atoms with Gasteiger partial charge in [-0.25, -0.2) is 4.98 Å². The standard InChI is InChI=1S/C26H31N3O5S/c27-18-9-5-3-1-2-4-8-16-13-26(16,24(32)33)14-21(30)20-12-17(15-29(20)23(18)31)34-25-28-19-10-6-7-11-22(19)35-25/h4,6-8,10-11,16-18,20H,1-3,5,9,12-15,27H2,(H,32,33)/b8-4-/t16-,17+,18-,20-,26+/m0/s1. The van der Waals surface area contributed by atoms with Gasteiger partial charge in [0.05, 0.1) is 34.3 Å². The molecule has 9 heteroatoms. The Bertz CT molecular complexity index is 1130. The molecule has 2 aromatic rings. The number of allylic oxidation sites excluding steroid dienone is 2. The number of ether oxygens (including phenoxy) is 1. The number of Topliss-reactive ketones (excluding diaryl/α,β-unsaturated/α-hetero) is 1. The number of aromatic nitrogens is 1. The van der Waals surface area contributed by atoms with Gasteiger partial charge >= 0.3 is 5.97 Å². The van der Waals surface area contributed by atoms with Gasteiger partial charge in [0.2, 0.25) is 5.91 Å². The predicted octanol–water partition coefficient (Wildman–Crippen LogP) is 3.54. The zero-order chi connectivity index (χ0) is 24.6. The van der Waals surface area contributed by atoms with Crippen molar-refractivity contribution in [3.63, 3.8) is 0 Å². The van der Waals surface area contributed by atoms with E-state index in [2.05, 4.69) is 4.98 Å². The highest BCUT2D eigenvalue weighted by atomic mass is 32.1. The number of rotatable bonds is 3. The van der Waals surface area contributed by atoms with Gasteiger partial charge in [-0.05, 0) is 43.7 Å². The number of carbonyl (C=O) groups excluding carboxylic acids is 2. The lowest BCUT2D eigenvalue weighted by atomic mass is 9.92. The van der Waals surface area contributed by atoms with Gasteiger partial charge in [0, 0.05) is 12.8 Å². The van der Waals surface area contributed by atoms with Crippen LogP contribution in [0.3, 0.4) is 0 Å². The average Bonchev–Trinajstić information content (AvgIpc) is 3.15. The van der Waals surface area contributed by atoms with Crippen LogP contribution in [0.1, 0.15) is 51.4 Å². The van der Waals surface area contributed by atoms with Crippen molar-refractivity contribution >= 4 is 39.2 Å². The lowest BCUT2D eigenvalue weighted by Gasteiger charge is -2.27. The molecule has 1 aromatic heterocycles. The van der Waals surface area contributed by atoms with Gasteiger partial charge in [0.25, 0.3) is 5.19 Å². The summed E-state index contributed by atoms with van der Waals surface area (Å²) in [6, 6.07) is 6.31. The van der Waals surface area contributed by atoms with Crippen LogP contribution in [-0.2, 0) is 14.4 Å². The molecule has 1 aliphatic carbocycles. The van der Waals surface area contributed by atoms with Crippen molar-refractivity contribution < 1.29 is 24.2 Å². The van der Waals surface area contributed by atoms with Crippen LogP contribution in [0, 0.1) is 11.3 Å². The van der Waals surface area contributed by atoms with Crippen LogP contribution >= 0.6 is 11.3 Å². The summed E-state index contributed by atoms with van der Waals surface area (Å²) < 4.78 is 7.14. The number of fused-ring (bicyclic) bond motifs is 3. The number of para-hydroxylation sites is 1. The second kappa shape index (κ2) is 9.70. The highest BCUT2D eigenvalue weighted by Gasteiger charge is 2.61. The number of carboxylic acid groups (broad SMARTS) is 1. The molecule has 0 unspecified atom stereocenters. The van der Waals surface area contributed by atoms with Gasteiger partial charge in [-0.15, -0.1) is 0 Å². The summed E-state index contributed by atoms with van der Waals surface area (Å²) in [5.41, 5.74) is 6.02. The summed E-state index contributed by atoms with van der Waals surface area (Å²) in [5, 5.41) is 10.4. The Morgan fingerprint density at radius 3 is 2.86 bits per heavy atom. The summed E-state index contributed by atoms with van der Waals surface area (Å²) in [4.78, 5) is 45.0. The molecule has 186 valence electrons. The van der Waals surface area contributed by atoms with E-state index in [9.17, 15) is 19.5 Å². The normalized spacial score (nSPS) is 32.9. The van der Waals surface area contributed by atoms with Crippen molar-refractivity contribution in [2.45, 2.75) is 69.6 Å². The van der Waals surface area contributed by atoms with Gasteiger partial charge in [-0.3, -0.25) is 14.4 Å². The molecule has 1 saturated heterocycles. The van der Waals surface area contributed by atoms with Gasteiger partial charge < -0.3 is 20.5 Å². The molecule has 3 N–H and O–H groups in total. The van der Waals surface area contributed by atoms with E-state index in [0.717, 1.165) is 35.9 Å². The molecule has 0 radical (unpaired) electrons. The number of benzene rings is 1. The van der Waals surface area contributed by atoms with Crippen molar-refractivity contribution in [1.82, 2.24) is 9.88 Å². The van der Waals surface area contributed by atoms with Crippen LogP contribution < -0.4 is 10.5 Å². The zero-order valence-corrected chi connectivity index (χ0v) is 20.4. The van der Waals surface area contributed by atoms with Crippen molar-refractivity contribution in [3.8, 4) is 5.19 Å². The van der Waals surface area contributed by atoms with Crippen molar-refractivity contribution in [3.05, 3.63) is 36.4 Å². The van der Waals surface area contributed by atoms with Crippen molar-refractivity contribution in [1.29, 1.82) is 0 Å². The molecule has 1 saturated carbocycles. The summed E-state index contributed by atoms with van der Waals surface area (Å²) in [6.07, 6.45) is 8.44. The summed E-state index contributed by atoms with van der Waals surface area (Å²) in [5.74, 6) is -1.58. The van der Waals surface area contributed by atoms with Gasteiger partial charge in [-0.1, -0.05) is 48.5 Å². The quantitative estimate of drug-likeness (QED) is 0.622. The van der Waals surface area contributed by atoms with Crippen molar-refractivity contribution in [2.75, 3.05) is 6.54 Å². The first-order chi connectivity index (χ1) is 16.9. The number of amides is 1. The van der Waals surface area contributed by atoms with Gasteiger partial charge in [0.15, 0.2) is 5.78 Å². The Morgan fingerprint density at radius 1 is 1.23 bits per heavy atom. The largest absolute Gasteiger partial charge is 0.481 e. The average molecular weight is 498 g/mol. The monoisotopic (exact) mass is 497 g/mol. The molecule has 35 heavy (non-hydrogen) atoms. The number of carbonyl (C=O) groups is 3. The Labute approximate surface area is 208 Å². The first-order valence-electron chi connectivity index (χ1n) is 12.4. The van der Waals surface area contributed by atoms with Gasteiger partial charge in [-0.2, -0.15) is 0 Å². The minimum Gasteiger partial charge on any atom is -0.481 e. The SMILES string of the molecule is N[C@H]1CCCCC/C=C\[C@H]2C[C@@]2(C(=O)O)CC(=O)[C@@H]2C[C@@H](Oc3nc4ccccc4s3)CN2C1=O. The number of hydrogen-bond donors (Lipinski definition) is 2. The fraction of sp³-hybridized carbons (Fsp3) is 0.538. The molecular formula is C26H31N3O5S. The minimum atomic E-state index is -1.07. The molecule has 0 spiro atoms. The molecular weight excluding hydrogens is 466 g/mol. The highest BCUT2D eigenvalue weighted by Crippen LogP contribution is 2.57. The van der Waals surface area contributed by atoms with E-state index in [0.29, 0.717) is 24.5 Å². The predicted molar refractivity (Wildman–Crippen MR) is 132 cm³/mol. The van der Waals surface area contributed by atoms with E-state index < -0.39 is 29.6 Å². The first kappa shape index (κ1) is 23.9. The third-order valence-electron chi connectivity index (χ3n) is 7.58. The second-order valence-corrected chi connectivity index (χ2v) is 11.0. The summed E-state index contributed by atoms with van der Waals surface area (Å²) >= 11 is 1.43. The van der Waals surface area contributed by atoms with E-state index in [1.54, 1.807) is 0 Å². The Hall–Kier alpha value is -2.78. The Morgan fingerprint density at radius 2 is 2.06 bits per heavy atom. The maximum absolute atomic E-state index is 13.5. The lowest BCUT2D eigenvalue weighted by Crippen LogP contribution is -2.49. The smallest absolute Gasteiger partial charge is 0.310 e. The van der Waals surface area contributed by atoms with Crippen LogP contribution in [0.5, 0.6) is 5.19 Å². The third kappa shape index (κ3) is 4.84. The molecule has 3 heterocycles. The number of aliphatic carboxylic acids is 1. The van der Waals surface area contributed by atoms with E-state index in [1.165, 1.54) is 16.2 Å². The number of hydrogen-bond acceptors (Lipinski definition) is 7. The minimum absolute atomic E-state index is 0.0884. The topological polar surface area (TPSA) is 123 Å². The Balaban J connectivity index is 1.38. The van der Waals surface area contributed by atoms with E-state index >= 15 is 0 Å². The Kier molecular flexibility index (Phi) is 6.63. The highest BCUT2D eigenvalue weighted by molar-refractivity contribution is 7.20. The molecule has 1 aromatic carbocycles. The van der Waals surface area contributed by atoms with Gasteiger partial charge in [0.1, 0.15) is 6.10 Å². The summed E-state index contributed by atoms with van der Waals surface area (Å²) in [6.45, 7) is 0.238. The molecule has 0 bridgehead atoms. The molecule has 3 aliphatic rings. The number of thiazole rings is 1. The number of carboxylic acids is 1.